The molecule has 3 heterocycles. The third-order valence-electron chi connectivity index (χ3n) is 5.86. The molecule has 2 N–H and O–H groups in total. The van der Waals surface area contributed by atoms with Gasteiger partial charge in [-0.1, -0.05) is 6.07 Å². The number of nitrogens with zero attached hydrogens (tertiary/aromatic N) is 3. The van der Waals surface area contributed by atoms with Crippen molar-refractivity contribution in [3.8, 4) is 11.5 Å². The molecule has 0 bridgehead atoms. The van der Waals surface area contributed by atoms with Crippen LogP contribution in [-0.4, -0.2) is 78.0 Å². The number of rotatable bonds is 6. The van der Waals surface area contributed by atoms with Crippen LogP contribution in [0.3, 0.4) is 0 Å². The van der Waals surface area contributed by atoms with E-state index in [0.29, 0.717) is 44.3 Å². The van der Waals surface area contributed by atoms with E-state index in [2.05, 4.69) is 5.32 Å². The lowest BCUT2D eigenvalue weighted by Crippen LogP contribution is -2.58. The number of benzene rings is 1. The normalized spacial score (nSPS) is 20.2. The Morgan fingerprint density at radius 2 is 1.94 bits per heavy atom. The molecule has 2 aliphatic rings. The Labute approximate surface area is 202 Å². The van der Waals surface area contributed by atoms with E-state index in [1.165, 1.54) is 12.3 Å². The van der Waals surface area contributed by atoms with E-state index in [1.807, 2.05) is 4.90 Å². The number of esters is 1. The second kappa shape index (κ2) is 10.5. The molecule has 2 amide bonds. The van der Waals surface area contributed by atoms with E-state index < -0.39 is 23.8 Å². The van der Waals surface area contributed by atoms with Gasteiger partial charge in [-0.05, 0) is 43.7 Å². The van der Waals surface area contributed by atoms with Gasteiger partial charge in [-0.2, -0.15) is 0 Å². The summed E-state index contributed by atoms with van der Waals surface area (Å²) in [5.74, 6) is -1.83. The zero-order valence-corrected chi connectivity index (χ0v) is 19.6. The molecule has 1 aromatic carbocycles. The summed E-state index contributed by atoms with van der Waals surface area (Å²) in [6, 6.07) is 7.04. The summed E-state index contributed by atoms with van der Waals surface area (Å²) in [6.45, 7) is 5.59. The summed E-state index contributed by atoms with van der Waals surface area (Å²) in [6.07, 6.45) is 1.45. The Kier molecular flexibility index (Phi) is 7.23. The number of piperazine rings is 1. The van der Waals surface area contributed by atoms with Gasteiger partial charge in [0, 0.05) is 26.2 Å². The molecule has 0 saturated carbocycles. The topological polar surface area (TPSA) is 134 Å². The Morgan fingerprint density at radius 3 is 2.60 bits per heavy atom. The molecule has 0 radical (unpaired) electrons. The zero-order valence-electron chi connectivity index (χ0n) is 19.6. The lowest BCUT2D eigenvalue weighted by Gasteiger charge is -2.38. The molecule has 2 atom stereocenters. The molecule has 11 nitrogen and oxygen atoms in total. The minimum atomic E-state index is -1.19. The van der Waals surface area contributed by atoms with Gasteiger partial charge in [0.15, 0.2) is 23.2 Å². The van der Waals surface area contributed by atoms with Crippen molar-refractivity contribution in [1.29, 1.82) is 0 Å². The van der Waals surface area contributed by atoms with Gasteiger partial charge in [0.25, 0.3) is 5.91 Å². The molecule has 4 rings (SSSR count). The van der Waals surface area contributed by atoms with Crippen molar-refractivity contribution in [2.45, 2.75) is 19.9 Å². The van der Waals surface area contributed by atoms with Gasteiger partial charge < -0.3 is 28.8 Å². The number of ether oxygens (including phenoxy) is 2. The van der Waals surface area contributed by atoms with Crippen LogP contribution in [0.5, 0.6) is 11.5 Å². The number of aromatic hydroxyl groups is 1. The van der Waals surface area contributed by atoms with E-state index in [0.717, 1.165) is 0 Å². The van der Waals surface area contributed by atoms with E-state index in [9.17, 15) is 19.5 Å². The number of nitrogens with one attached hydrogen (secondary N) is 1. The van der Waals surface area contributed by atoms with Gasteiger partial charge in [-0.3, -0.25) is 19.7 Å². The van der Waals surface area contributed by atoms with Gasteiger partial charge in [0.05, 0.1) is 19.5 Å². The smallest absolute Gasteiger partial charge is 0.321 e. The molecule has 35 heavy (non-hydrogen) atoms. The molecule has 1 aromatic heterocycles. The van der Waals surface area contributed by atoms with E-state index in [1.54, 1.807) is 43.0 Å². The highest BCUT2D eigenvalue weighted by Gasteiger charge is 2.42. The average molecular weight is 485 g/mol. The maximum atomic E-state index is 13.1. The van der Waals surface area contributed by atoms with Crippen LogP contribution in [0.15, 0.2) is 46.0 Å². The van der Waals surface area contributed by atoms with Crippen molar-refractivity contribution in [2.75, 3.05) is 39.4 Å². The summed E-state index contributed by atoms with van der Waals surface area (Å²) < 4.78 is 15.8. The van der Waals surface area contributed by atoms with Crippen LogP contribution in [0.4, 0.5) is 0 Å². The van der Waals surface area contributed by atoms with E-state index in [-0.39, 0.29) is 29.8 Å². The first kappa shape index (κ1) is 24.1. The number of carbonyl (C=O) groups is 3. The van der Waals surface area contributed by atoms with Gasteiger partial charge in [-0.15, -0.1) is 0 Å². The fourth-order valence-electron chi connectivity index (χ4n) is 4.13. The number of carbonyl (C=O) groups excluding carboxylic acids is 3. The van der Waals surface area contributed by atoms with Crippen LogP contribution in [0.1, 0.15) is 36.0 Å². The SMILES string of the molecule is CCOC(=O)C1C(=O)NC(N2CCN(C(=O)c3ccco3)CC2)=NC1c1ccc(O)c(OCC)c1. The van der Waals surface area contributed by atoms with Crippen molar-refractivity contribution < 1.29 is 33.4 Å². The van der Waals surface area contributed by atoms with Crippen molar-refractivity contribution in [1.82, 2.24) is 15.1 Å². The first-order chi connectivity index (χ1) is 16.9. The average Bonchev–Trinajstić information content (AvgIpc) is 3.40. The van der Waals surface area contributed by atoms with Crippen molar-refractivity contribution in [2.24, 2.45) is 10.9 Å². The molecule has 0 spiro atoms. The summed E-state index contributed by atoms with van der Waals surface area (Å²) >= 11 is 0. The van der Waals surface area contributed by atoms with Crippen molar-refractivity contribution in [3.05, 3.63) is 47.9 Å². The fraction of sp³-hybridized carbons (Fsp3) is 0.417. The van der Waals surface area contributed by atoms with Crippen LogP contribution in [0.25, 0.3) is 0 Å². The molecule has 1 saturated heterocycles. The van der Waals surface area contributed by atoms with E-state index in [4.69, 9.17) is 18.9 Å². The molecule has 186 valence electrons. The highest BCUT2D eigenvalue weighted by molar-refractivity contribution is 6.08. The van der Waals surface area contributed by atoms with Gasteiger partial charge in [0.2, 0.25) is 11.9 Å². The molecule has 2 aromatic rings. The standard InChI is InChI=1S/C24H28N4O7/c1-3-33-18-14-15(7-8-16(18)29)20-19(23(32)34-4-2)21(30)26-24(25-20)28-11-9-27(10-12-28)22(31)17-6-5-13-35-17/h5-8,13-14,19-20,29H,3-4,9-12H2,1-2H3,(H,25,26,30). The van der Waals surface area contributed by atoms with Gasteiger partial charge in [0.1, 0.15) is 6.04 Å². The van der Waals surface area contributed by atoms with Gasteiger partial charge >= 0.3 is 5.97 Å². The third kappa shape index (κ3) is 5.08. The maximum absolute atomic E-state index is 13.1. The Balaban J connectivity index is 1.58. The molecule has 0 aliphatic carbocycles. The quantitative estimate of drug-likeness (QED) is 0.466. The second-order valence-corrected chi connectivity index (χ2v) is 8.03. The highest BCUT2D eigenvalue weighted by Crippen LogP contribution is 2.36. The lowest BCUT2D eigenvalue weighted by atomic mass is 9.91. The van der Waals surface area contributed by atoms with Gasteiger partial charge in [-0.25, -0.2) is 4.99 Å². The number of hydrogen-bond acceptors (Lipinski definition) is 9. The number of amides is 2. The van der Waals surface area contributed by atoms with Crippen LogP contribution >= 0.6 is 0 Å². The zero-order chi connectivity index (χ0) is 24.9. The maximum Gasteiger partial charge on any atom is 0.321 e. The van der Waals surface area contributed by atoms with Crippen molar-refractivity contribution >= 4 is 23.7 Å². The lowest BCUT2D eigenvalue weighted by molar-refractivity contribution is -0.153. The largest absolute Gasteiger partial charge is 0.504 e. The van der Waals surface area contributed by atoms with E-state index >= 15 is 0 Å². The molecular formula is C24H28N4O7. The minimum absolute atomic E-state index is 0.0508. The first-order valence-corrected chi connectivity index (χ1v) is 11.5. The summed E-state index contributed by atoms with van der Waals surface area (Å²) in [7, 11) is 0. The number of aliphatic imine (C=N–C) groups is 1. The third-order valence-corrected chi connectivity index (χ3v) is 5.86. The summed E-state index contributed by atoms with van der Waals surface area (Å²) in [5.41, 5.74) is 0.531. The molecule has 1 fully saturated rings. The summed E-state index contributed by atoms with van der Waals surface area (Å²) in [5, 5.41) is 12.8. The number of phenolic OH excluding ortho intramolecular Hbond substituents is 1. The van der Waals surface area contributed by atoms with Crippen LogP contribution in [-0.2, 0) is 14.3 Å². The number of hydrogen-bond donors (Lipinski definition) is 2. The Bertz CT molecular complexity index is 1110. The number of phenols is 1. The van der Waals surface area contributed by atoms with Crippen LogP contribution < -0.4 is 10.1 Å². The predicted molar refractivity (Wildman–Crippen MR) is 124 cm³/mol. The predicted octanol–water partition coefficient (Wildman–Crippen LogP) is 1.55. The molecular weight excluding hydrogens is 456 g/mol. The van der Waals surface area contributed by atoms with Crippen molar-refractivity contribution in [3.63, 3.8) is 0 Å². The monoisotopic (exact) mass is 484 g/mol. The number of guanidine groups is 1. The van der Waals surface area contributed by atoms with Crippen LogP contribution in [0, 0.1) is 5.92 Å². The Morgan fingerprint density at radius 1 is 1.17 bits per heavy atom. The molecule has 2 unspecified atom stereocenters. The number of furan rings is 1. The minimum Gasteiger partial charge on any atom is -0.504 e. The second-order valence-electron chi connectivity index (χ2n) is 8.03. The Hall–Kier alpha value is -4.02. The van der Waals surface area contributed by atoms with Crippen LogP contribution in [0.2, 0.25) is 0 Å². The molecule has 2 aliphatic heterocycles. The summed E-state index contributed by atoms with van der Waals surface area (Å²) in [4.78, 5) is 46.6. The molecule has 11 heteroatoms. The highest BCUT2D eigenvalue weighted by atomic mass is 16.5. The fourth-order valence-corrected chi connectivity index (χ4v) is 4.13. The first-order valence-electron chi connectivity index (χ1n) is 11.5.